The lowest BCUT2D eigenvalue weighted by molar-refractivity contribution is 0.0720. The number of fused-ring (bicyclic) bond motifs is 2. The number of hydrogen-bond acceptors (Lipinski definition) is 7. The van der Waals surface area contributed by atoms with Crippen LogP contribution in [0, 0.1) is 6.92 Å². The predicted octanol–water partition coefficient (Wildman–Crippen LogP) is 6.96. The Labute approximate surface area is 267 Å². The average Bonchev–Trinajstić information content (AvgIpc) is 3.07. The zero-order valence-corrected chi connectivity index (χ0v) is 27.4. The highest BCUT2D eigenvalue weighted by molar-refractivity contribution is 5.55. The van der Waals surface area contributed by atoms with Gasteiger partial charge in [0.15, 0.2) is 23.0 Å². The lowest BCUT2D eigenvalue weighted by Gasteiger charge is -2.41. The van der Waals surface area contributed by atoms with E-state index in [1.807, 2.05) is 0 Å². The van der Waals surface area contributed by atoms with Crippen molar-refractivity contribution in [2.24, 2.45) is 0 Å². The quantitative estimate of drug-likeness (QED) is 0.204. The van der Waals surface area contributed by atoms with Crippen molar-refractivity contribution in [2.75, 3.05) is 55.6 Å². The second kappa shape index (κ2) is 13.0. The number of rotatable bonds is 9. The van der Waals surface area contributed by atoms with Crippen LogP contribution in [0.3, 0.4) is 0 Å². The molecule has 3 unspecified atom stereocenters. The molecule has 2 aliphatic rings. The van der Waals surface area contributed by atoms with Gasteiger partial charge in [0.05, 0.1) is 40.5 Å². The number of hydrogen-bond donors (Lipinski definition) is 0. The van der Waals surface area contributed by atoms with Crippen molar-refractivity contribution in [1.29, 1.82) is 0 Å². The van der Waals surface area contributed by atoms with Gasteiger partial charge in [-0.1, -0.05) is 48.5 Å². The number of benzene rings is 4. The maximum Gasteiger partial charge on any atom is 0.161 e. The minimum Gasteiger partial charge on any atom is -0.493 e. The molecule has 2 aliphatic heterocycles. The predicted molar refractivity (Wildman–Crippen MR) is 177 cm³/mol. The molecule has 0 amide bonds. The third-order valence-corrected chi connectivity index (χ3v) is 9.48. The summed E-state index contributed by atoms with van der Waals surface area (Å²) in [6, 6.07) is 25.5. The van der Waals surface area contributed by atoms with Crippen LogP contribution in [0.1, 0.15) is 57.1 Å². The lowest BCUT2D eigenvalue weighted by Crippen LogP contribution is -2.38. The van der Waals surface area contributed by atoms with Gasteiger partial charge in [0.25, 0.3) is 0 Å². The summed E-state index contributed by atoms with van der Waals surface area (Å²) in [5, 5.41) is 0. The molecule has 0 spiro atoms. The third kappa shape index (κ3) is 5.71. The summed E-state index contributed by atoms with van der Waals surface area (Å²) in [7, 11) is 11.2. The number of para-hydroxylation sites is 1. The summed E-state index contributed by atoms with van der Waals surface area (Å²) in [6.07, 6.45) is 1.58. The summed E-state index contributed by atoms with van der Waals surface area (Å²) >= 11 is 0. The molecule has 2 heterocycles. The Morgan fingerprint density at radius 1 is 0.622 bits per heavy atom. The Balaban J connectivity index is 1.50. The van der Waals surface area contributed by atoms with E-state index in [0.717, 1.165) is 71.4 Å². The first-order valence-electron chi connectivity index (χ1n) is 15.6. The van der Waals surface area contributed by atoms with E-state index < -0.39 is 0 Å². The molecule has 7 nitrogen and oxygen atoms in total. The van der Waals surface area contributed by atoms with Crippen molar-refractivity contribution in [1.82, 2.24) is 9.80 Å². The standard InChI is InChI=1S/C38H44N2O5/c1-24-12-11-15-28(35-29-22-33(43-6)31(41-4)20-26(29)16-18-39(35)2)37(24)45-38(25-13-9-8-10-14-25)36-30-23-34(44-7)32(42-5)21-27(30)17-19-40(36)3/h8-15,20-23,35-36,38H,16-19H2,1-7H3. The van der Waals surface area contributed by atoms with Crippen LogP contribution in [0.4, 0.5) is 0 Å². The first-order chi connectivity index (χ1) is 21.9. The molecule has 3 atom stereocenters. The fourth-order valence-electron chi connectivity index (χ4n) is 7.11. The highest BCUT2D eigenvalue weighted by Crippen LogP contribution is 2.48. The average molecular weight is 609 g/mol. The summed E-state index contributed by atoms with van der Waals surface area (Å²) in [4.78, 5) is 4.82. The molecule has 0 fully saturated rings. The molecular weight excluding hydrogens is 564 g/mol. The van der Waals surface area contributed by atoms with E-state index in [1.165, 1.54) is 22.3 Å². The van der Waals surface area contributed by atoms with Gasteiger partial charge in [-0.25, -0.2) is 0 Å². The van der Waals surface area contributed by atoms with Gasteiger partial charge in [-0.2, -0.15) is 0 Å². The first kappa shape index (κ1) is 30.8. The molecule has 0 saturated heterocycles. The SMILES string of the molecule is COc1cc2c(cc1OC)C(c1cccc(C)c1OC(c1ccccc1)C1c3cc(OC)c(OC)cc3CCN1C)N(C)CC2. The Hall–Kier alpha value is -4.20. The van der Waals surface area contributed by atoms with Gasteiger partial charge in [0.2, 0.25) is 0 Å². The molecule has 4 aromatic carbocycles. The molecule has 0 N–H and O–H groups in total. The van der Waals surface area contributed by atoms with Crippen molar-refractivity contribution in [3.63, 3.8) is 0 Å². The van der Waals surface area contributed by atoms with E-state index in [4.69, 9.17) is 23.7 Å². The number of likely N-dealkylation sites (N-methyl/N-ethyl adjacent to an activating group) is 2. The summed E-state index contributed by atoms with van der Waals surface area (Å²) in [5.74, 6) is 3.88. The number of methoxy groups -OCH3 is 4. The zero-order valence-electron chi connectivity index (χ0n) is 27.4. The van der Waals surface area contributed by atoms with E-state index in [0.29, 0.717) is 0 Å². The Bertz CT molecular complexity index is 1660. The molecule has 4 aromatic rings. The van der Waals surface area contributed by atoms with E-state index in [-0.39, 0.29) is 18.2 Å². The van der Waals surface area contributed by atoms with Crippen LogP contribution < -0.4 is 23.7 Å². The molecular formula is C38H44N2O5. The van der Waals surface area contributed by atoms with Crippen molar-refractivity contribution in [2.45, 2.75) is 38.0 Å². The van der Waals surface area contributed by atoms with Crippen molar-refractivity contribution in [3.8, 4) is 28.7 Å². The highest BCUT2D eigenvalue weighted by Gasteiger charge is 2.37. The lowest BCUT2D eigenvalue weighted by atomic mass is 9.85. The number of aryl methyl sites for hydroxylation is 1. The van der Waals surface area contributed by atoms with E-state index in [1.54, 1.807) is 28.4 Å². The fraction of sp³-hybridized carbons (Fsp3) is 0.368. The molecule has 0 saturated carbocycles. The van der Waals surface area contributed by atoms with E-state index in [9.17, 15) is 0 Å². The molecule has 0 radical (unpaired) electrons. The Morgan fingerprint density at radius 2 is 1.18 bits per heavy atom. The number of nitrogens with zero attached hydrogens (tertiary/aromatic N) is 2. The number of ether oxygens (including phenoxy) is 5. The second-order valence-corrected chi connectivity index (χ2v) is 12.1. The van der Waals surface area contributed by atoms with Crippen molar-refractivity contribution >= 4 is 0 Å². The van der Waals surface area contributed by atoms with Crippen LogP contribution in [-0.2, 0) is 12.8 Å². The maximum atomic E-state index is 7.38. The van der Waals surface area contributed by atoms with Crippen LogP contribution in [-0.4, -0.2) is 65.4 Å². The maximum absolute atomic E-state index is 7.38. The van der Waals surface area contributed by atoms with Crippen LogP contribution in [0.25, 0.3) is 0 Å². The summed E-state index contributed by atoms with van der Waals surface area (Å²) in [5.41, 5.74) is 8.29. The molecule has 0 bridgehead atoms. The smallest absolute Gasteiger partial charge is 0.161 e. The van der Waals surface area contributed by atoms with E-state index >= 15 is 0 Å². The van der Waals surface area contributed by atoms with Crippen molar-refractivity contribution in [3.05, 3.63) is 112 Å². The summed E-state index contributed by atoms with van der Waals surface area (Å²) in [6.45, 7) is 3.97. The molecule has 6 rings (SSSR count). The molecule has 236 valence electrons. The van der Waals surface area contributed by atoms with E-state index in [2.05, 4.69) is 104 Å². The Morgan fingerprint density at radius 3 is 1.80 bits per heavy atom. The minimum absolute atomic E-state index is 0.0133. The van der Waals surface area contributed by atoms with Gasteiger partial charge in [-0.05, 0) is 91.5 Å². The molecule has 7 heteroatoms. The van der Waals surface area contributed by atoms with Gasteiger partial charge < -0.3 is 23.7 Å². The van der Waals surface area contributed by atoms with Gasteiger partial charge in [-0.15, -0.1) is 0 Å². The van der Waals surface area contributed by atoms with Gasteiger partial charge in [0.1, 0.15) is 11.9 Å². The Kier molecular flexibility index (Phi) is 8.92. The van der Waals surface area contributed by atoms with Crippen molar-refractivity contribution < 1.29 is 23.7 Å². The topological polar surface area (TPSA) is 52.6 Å². The van der Waals surface area contributed by atoms with Crippen LogP contribution in [0.2, 0.25) is 0 Å². The molecule has 0 aliphatic carbocycles. The van der Waals surface area contributed by atoms with Gasteiger partial charge in [0, 0.05) is 18.7 Å². The first-order valence-corrected chi connectivity index (χ1v) is 15.6. The van der Waals surface area contributed by atoms with Gasteiger partial charge >= 0.3 is 0 Å². The zero-order chi connectivity index (χ0) is 31.7. The van der Waals surface area contributed by atoms with Crippen LogP contribution in [0.15, 0.2) is 72.8 Å². The highest BCUT2D eigenvalue weighted by atomic mass is 16.5. The monoisotopic (exact) mass is 608 g/mol. The minimum atomic E-state index is -0.285. The largest absolute Gasteiger partial charge is 0.493 e. The third-order valence-electron chi connectivity index (χ3n) is 9.48. The molecule has 45 heavy (non-hydrogen) atoms. The second-order valence-electron chi connectivity index (χ2n) is 12.1. The molecule has 0 aromatic heterocycles. The normalized spacial score (nSPS) is 18.8. The van der Waals surface area contributed by atoms with Crippen LogP contribution >= 0.6 is 0 Å². The van der Waals surface area contributed by atoms with Gasteiger partial charge in [-0.3, -0.25) is 9.80 Å². The fourth-order valence-corrected chi connectivity index (χ4v) is 7.11. The summed E-state index contributed by atoms with van der Waals surface area (Å²) < 4.78 is 30.3. The van der Waals surface area contributed by atoms with Crippen LogP contribution in [0.5, 0.6) is 28.7 Å².